The van der Waals surface area contributed by atoms with Crippen molar-refractivity contribution in [3.8, 4) is 5.82 Å². The second-order valence-corrected chi connectivity index (χ2v) is 5.81. The van der Waals surface area contributed by atoms with Gasteiger partial charge >= 0.3 is 0 Å². The van der Waals surface area contributed by atoms with E-state index >= 15 is 0 Å². The summed E-state index contributed by atoms with van der Waals surface area (Å²) >= 11 is 0. The van der Waals surface area contributed by atoms with Crippen LogP contribution >= 0.6 is 0 Å². The number of hydrogen-bond donors (Lipinski definition) is 1. The Morgan fingerprint density at radius 3 is 2.68 bits per heavy atom. The van der Waals surface area contributed by atoms with E-state index in [2.05, 4.69) is 22.2 Å². The number of nitrogens with zero attached hydrogens (tertiary/aromatic N) is 4. The Hall–Kier alpha value is -2.44. The van der Waals surface area contributed by atoms with E-state index in [-0.39, 0.29) is 11.5 Å². The molecule has 7 heteroatoms. The molecule has 7 nitrogen and oxygen atoms in total. The third-order valence-corrected chi connectivity index (χ3v) is 4.19. The SMILES string of the molecule is Cc1c(C(=O)N2CCC(C)CC2)cnn1-c1ccc(=O)[nH]n1. The fraction of sp³-hybridized carbons (Fsp3) is 0.467. The minimum Gasteiger partial charge on any atom is -0.339 e. The molecule has 0 saturated carbocycles. The van der Waals surface area contributed by atoms with Crippen molar-refractivity contribution >= 4 is 5.91 Å². The number of amides is 1. The highest BCUT2D eigenvalue weighted by Gasteiger charge is 2.24. The molecule has 22 heavy (non-hydrogen) atoms. The molecule has 1 saturated heterocycles. The highest BCUT2D eigenvalue weighted by molar-refractivity contribution is 5.95. The molecule has 3 rings (SSSR count). The minimum atomic E-state index is -0.271. The maximum Gasteiger partial charge on any atom is 0.264 e. The smallest absolute Gasteiger partial charge is 0.264 e. The Morgan fingerprint density at radius 2 is 2.05 bits per heavy atom. The van der Waals surface area contributed by atoms with E-state index in [1.807, 2.05) is 11.8 Å². The number of H-pyrrole nitrogens is 1. The lowest BCUT2D eigenvalue weighted by molar-refractivity contribution is 0.0696. The van der Waals surface area contributed by atoms with E-state index in [0.717, 1.165) is 31.6 Å². The second kappa shape index (κ2) is 5.75. The highest BCUT2D eigenvalue weighted by atomic mass is 16.2. The van der Waals surface area contributed by atoms with Gasteiger partial charge in [-0.25, -0.2) is 9.78 Å². The van der Waals surface area contributed by atoms with Crippen LogP contribution in [0.15, 0.2) is 23.1 Å². The van der Waals surface area contributed by atoms with Crippen molar-refractivity contribution in [2.75, 3.05) is 13.1 Å². The number of carbonyl (C=O) groups excluding carboxylic acids is 1. The van der Waals surface area contributed by atoms with Crippen LogP contribution in [0.2, 0.25) is 0 Å². The van der Waals surface area contributed by atoms with Crippen molar-refractivity contribution in [1.82, 2.24) is 24.9 Å². The van der Waals surface area contributed by atoms with Gasteiger partial charge < -0.3 is 4.90 Å². The van der Waals surface area contributed by atoms with Gasteiger partial charge in [-0.05, 0) is 31.7 Å². The molecule has 3 heterocycles. The minimum absolute atomic E-state index is 0.0140. The van der Waals surface area contributed by atoms with Crippen molar-refractivity contribution < 1.29 is 4.79 Å². The third-order valence-electron chi connectivity index (χ3n) is 4.19. The van der Waals surface area contributed by atoms with Crippen LogP contribution in [-0.2, 0) is 0 Å². The van der Waals surface area contributed by atoms with Crippen LogP contribution in [-0.4, -0.2) is 43.9 Å². The summed E-state index contributed by atoms with van der Waals surface area (Å²) in [6.45, 7) is 5.63. The summed E-state index contributed by atoms with van der Waals surface area (Å²) in [7, 11) is 0. The predicted octanol–water partition coefficient (Wildman–Crippen LogP) is 1.14. The molecule has 0 unspecified atom stereocenters. The topological polar surface area (TPSA) is 83.9 Å². The largest absolute Gasteiger partial charge is 0.339 e. The average Bonchev–Trinajstić information content (AvgIpc) is 2.90. The highest BCUT2D eigenvalue weighted by Crippen LogP contribution is 2.20. The van der Waals surface area contributed by atoms with Crippen molar-refractivity contribution in [1.29, 1.82) is 0 Å². The van der Waals surface area contributed by atoms with Crippen molar-refractivity contribution in [2.24, 2.45) is 5.92 Å². The van der Waals surface area contributed by atoms with Gasteiger partial charge in [0.05, 0.1) is 17.5 Å². The number of nitrogens with one attached hydrogen (secondary N) is 1. The maximum absolute atomic E-state index is 12.6. The first-order valence-electron chi connectivity index (χ1n) is 7.46. The van der Waals surface area contributed by atoms with Crippen molar-refractivity contribution in [3.63, 3.8) is 0 Å². The Balaban J connectivity index is 1.85. The van der Waals surface area contributed by atoms with Gasteiger partial charge in [0.1, 0.15) is 0 Å². The van der Waals surface area contributed by atoms with E-state index in [1.165, 1.54) is 6.07 Å². The number of piperidine rings is 1. The maximum atomic E-state index is 12.6. The summed E-state index contributed by atoms with van der Waals surface area (Å²) in [6, 6.07) is 2.96. The number of likely N-dealkylation sites (tertiary alicyclic amines) is 1. The molecule has 1 amide bonds. The molecule has 0 aliphatic carbocycles. The predicted molar refractivity (Wildman–Crippen MR) is 81.0 cm³/mol. The summed E-state index contributed by atoms with van der Waals surface area (Å²) in [5.74, 6) is 1.18. The fourth-order valence-corrected chi connectivity index (χ4v) is 2.69. The summed E-state index contributed by atoms with van der Waals surface area (Å²) in [5, 5.41) is 10.5. The molecule has 1 N–H and O–H groups in total. The van der Waals surface area contributed by atoms with E-state index in [1.54, 1.807) is 16.9 Å². The van der Waals surface area contributed by atoms with Gasteiger partial charge in [-0.1, -0.05) is 6.92 Å². The number of carbonyl (C=O) groups is 1. The van der Waals surface area contributed by atoms with Gasteiger partial charge in [-0.2, -0.15) is 10.2 Å². The van der Waals surface area contributed by atoms with Gasteiger partial charge in [-0.3, -0.25) is 9.59 Å². The lowest BCUT2D eigenvalue weighted by atomic mass is 9.99. The van der Waals surface area contributed by atoms with E-state index in [4.69, 9.17) is 0 Å². The van der Waals surface area contributed by atoms with Gasteiger partial charge in [0, 0.05) is 19.2 Å². The molecule has 0 aromatic carbocycles. The summed E-state index contributed by atoms with van der Waals surface area (Å²) in [5.41, 5.74) is 1.04. The average molecular weight is 301 g/mol. The monoisotopic (exact) mass is 301 g/mol. The Kier molecular flexibility index (Phi) is 3.79. The van der Waals surface area contributed by atoms with Crippen LogP contribution in [0.1, 0.15) is 35.8 Å². The molecule has 0 atom stereocenters. The van der Waals surface area contributed by atoms with E-state index in [0.29, 0.717) is 17.3 Å². The lowest BCUT2D eigenvalue weighted by Gasteiger charge is -2.30. The molecule has 1 fully saturated rings. The Labute approximate surface area is 128 Å². The summed E-state index contributed by atoms with van der Waals surface area (Å²) < 4.78 is 1.57. The zero-order chi connectivity index (χ0) is 15.7. The molecule has 0 spiro atoms. The zero-order valence-electron chi connectivity index (χ0n) is 12.7. The van der Waals surface area contributed by atoms with Crippen LogP contribution in [0, 0.1) is 12.8 Å². The van der Waals surface area contributed by atoms with Crippen LogP contribution in [0.25, 0.3) is 5.82 Å². The van der Waals surface area contributed by atoms with Crippen molar-refractivity contribution in [3.05, 3.63) is 39.9 Å². The van der Waals surface area contributed by atoms with E-state index < -0.39 is 0 Å². The molecule has 0 bridgehead atoms. The Bertz CT molecular complexity index is 720. The van der Waals surface area contributed by atoms with Gasteiger partial charge in [0.2, 0.25) is 0 Å². The first kappa shape index (κ1) is 14.5. The molecule has 0 radical (unpaired) electrons. The van der Waals surface area contributed by atoms with Crippen molar-refractivity contribution in [2.45, 2.75) is 26.7 Å². The van der Waals surface area contributed by atoms with Gasteiger partial charge in [-0.15, -0.1) is 0 Å². The molecule has 116 valence electrons. The molecular formula is C15H19N5O2. The fourth-order valence-electron chi connectivity index (χ4n) is 2.69. The number of hydrogen-bond acceptors (Lipinski definition) is 4. The molecule has 2 aromatic rings. The second-order valence-electron chi connectivity index (χ2n) is 5.81. The standard InChI is InChI=1S/C15H19N5O2/c1-10-5-7-19(8-6-10)15(22)12-9-16-20(11(12)2)13-3-4-14(21)18-17-13/h3-4,9-10H,5-8H2,1-2H3,(H,18,21). The quantitative estimate of drug-likeness (QED) is 0.901. The van der Waals surface area contributed by atoms with E-state index in [9.17, 15) is 9.59 Å². The molecular weight excluding hydrogens is 282 g/mol. The number of aromatic nitrogens is 4. The summed E-state index contributed by atoms with van der Waals surface area (Å²) in [4.78, 5) is 25.6. The lowest BCUT2D eigenvalue weighted by Crippen LogP contribution is -2.38. The first-order chi connectivity index (χ1) is 10.6. The van der Waals surface area contributed by atoms with Crippen LogP contribution in [0.4, 0.5) is 0 Å². The van der Waals surface area contributed by atoms with Gasteiger partial charge in [0.25, 0.3) is 11.5 Å². The van der Waals surface area contributed by atoms with Crippen LogP contribution in [0.3, 0.4) is 0 Å². The summed E-state index contributed by atoms with van der Waals surface area (Å²) in [6.07, 6.45) is 3.66. The number of rotatable bonds is 2. The molecule has 1 aliphatic rings. The van der Waals surface area contributed by atoms with Crippen LogP contribution in [0.5, 0.6) is 0 Å². The van der Waals surface area contributed by atoms with Gasteiger partial charge in [0.15, 0.2) is 5.82 Å². The molecule has 1 aliphatic heterocycles. The normalized spacial score (nSPS) is 16.0. The third kappa shape index (κ3) is 2.66. The van der Waals surface area contributed by atoms with Crippen LogP contribution < -0.4 is 5.56 Å². The first-order valence-corrected chi connectivity index (χ1v) is 7.46. The number of aromatic amines is 1. The Morgan fingerprint density at radius 1 is 1.32 bits per heavy atom. The molecule has 2 aromatic heterocycles. The zero-order valence-corrected chi connectivity index (χ0v) is 12.7.